The molecule has 0 aliphatic carbocycles. The summed E-state index contributed by atoms with van der Waals surface area (Å²) in [7, 11) is 0. The van der Waals surface area contributed by atoms with E-state index >= 15 is 0 Å². The summed E-state index contributed by atoms with van der Waals surface area (Å²) in [5.74, 6) is -1.16. The molecular formula is C14H18F2N4. The van der Waals surface area contributed by atoms with Crippen molar-refractivity contribution in [3.8, 4) is 0 Å². The molecule has 4 nitrogen and oxygen atoms in total. The highest BCUT2D eigenvalue weighted by atomic mass is 19.1. The molecule has 108 valence electrons. The second-order valence-electron chi connectivity index (χ2n) is 5.75. The molecule has 0 aliphatic heterocycles. The molecule has 1 aromatic heterocycles. The SMILES string of the molecule is CC(C)(C)NCc1cn(Cc2ccc(F)cc2F)nn1. The third-order valence-corrected chi connectivity index (χ3v) is 2.73. The lowest BCUT2D eigenvalue weighted by molar-refractivity contribution is 0.421. The fraction of sp³-hybridized carbons (Fsp3) is 0.429. The van der Waals surface area contributed by atoms with Crippen LogP contribution in [-0.2, 0) is 13.1 Å². The normalized spacial score (nSPS) is 11.8. The molecule has 0 aliphatic rings. The maximum Gasteiger partial charge on any atom is 0.131 e. The van der Waals surface area contributed by atoms with E-state index in [4.69, 9.17) is 0 Å². The lowest BCUT2D eigenvalue weighted by Gasteiger charge is -2.19. The maximum absolute atomic E-state index is 13.5. The van der Waals surface area contributed by atoms with Crippen molar-refractivity contribution >= 4 is 0 Å². The van der Waals surface area contributed by atoms with Gasteiger partial charge in [0, 0.05) is 23.7 Å². The Morgan fingerprint density at radius 3 is 2.65 bits per heavy atom. The van der Waals surface area contributed by atoms with Crippen molar-refractivity contribution in [1.82, 2.24) is 20.3 Å². The molecule has 0 radical (unpaired) electrons. The Morgan fingerprint density at radius 2 is 2.00 bits per heavy atom. The van der Waals surface area contributed by atoms with Crippen LogP contribution in [-0.4, -0.2) is 20.5 Å². The van der Waals surface area contributed by atoms with E-state index < -0.39 is 11.6 Å². The molecule has 0 fully saturated rings. The molecular weight excluding hydrogens is 262 g/mol. The van der Waals surface area contributed by atoms with E-state index in [2.05, 4.69) is 36.4 Å². The van der Waals surface area contributed by atoms with Crippen LogP contribution in [0.3, 0.4) is 0 Å². The molecule has 0 saturated carbocycles. The van der Waals surface area contributed by atoms with Crippen molar-refractivity contribution < 1.29 is 8.78 Å². The summed E-state index contributed by atoms with van der Waals surface area (Å²) in [5, 5.41) is 11.3. The first-order chi connectivity index (χ1) is 9.33. The minimum absolute atomic E-state index is 0.00710. The molecule has 0 amide bonds. The van der Waals surface area contributed by atoms with E-state index in [0.717, 1.165) is 11.8 Å². The third kappa shape index (κ3) is 4.09. The molecule has 0 bridgehead atoms. The third-order valence-electron chi connectivity index (χ3n) is 2.73. The van der Waals surface area contributed by atoms with Gasteiger partial charge in [0.25, 0.3) is 0 Å². The number of nitrogens with zero attached hydrogens (tertiary/aromatic N) is 3. The average Bonchev–Trinajstić information content (AvgIpc) is 2.77. The van der Waals surface area contributed by atoms with Gasteiger partial charge < -0.3 is 5.32 Å². The van der Waals surface area contributed by atoms with Gasteiger partial charge in [0.2, 0.25) is 0 Å². The van der Waals surface area contributed by atoms with Crippen LogP contribution in [0.2, 0.25) is 0 Å². The molecule has 6 heteroatoms. The van der Waals surface area contributed by atoms with Gasteiger partial charge in [-0.25, -0.2) is 13.5 Å². The molecule has 1 aromatic carbocycles. The van der Waals surface area contributed by atoms with Gasteiger partial charge in [0.15, 0.2) is 0 Å². The van der Waals surface area contributed by atoms with Gasteiger partial charge in [-0.2, -0.15) is 0 Å². The standard InChI is InChI=1S/C14H18F2N4/c1-14(2,3)17-7-12-9-20(19-18-12)8-10-4-5-11(15)6-13(10)16/h4-6,9,17H,7-8H2,1-3H3. The topological polar surface area (TPSA) is 42.7 Å². The van der Waals surface area contributed by atoms with Crippen LogP contribution in [0.5, 0.6) is 0 Å². The zero-order chi connectivity index (χ0) is 14.8. The Hall–Kier alpha value is -1.82. The zero-order valence-electron chi connectivity index (χ0n) is 11.8. The van der Waals surface area contributed by atoms with E-state index in [9.17, 15) is 8.78 Å². The Kier molecular flexibility index (Phi) is 4.13. The van der Waals surface area contributed by atoms with E-state index in [1.54, 1.807) is 6.20 Å². The van der Waals surface area contributed by atoms with Crippen molar-refractivity contribution in [2.24, 2.45) is 0 Å². The Labute approximate surface area is 116 Å². The minimum Gasteiger partial charge on any atom is -0.306 e. The van der Waals surface area contributed by atoms with Crippen LogP contribution in [0.4, 0.5) is 8.78 Å². The maximum atomic E-state index is 13.5. The Balaban J connectivity index is 2.02. The molecule has 20 heavy (non-hydrogen) atoms. The van der Waals surface area contributed by atoms with Crippen molar-refractivity contribution in [2.75, 3.05) is 0 Å². The molecule has 0 atom stereocenters. The van der Waals surface area contributed by atoms with E-state index in [-0.39, 0.29) is 12.1 Å². The number of hydrogen-bond acceptors (Lipinski definition) is 3. The van der Waals surface area contributed by atoms with Crippen molar-refractivity contribution in [3.05, 3.63) is 47.3 Å². The molecule has 2 rings (SSSR count). The van der Waals surface area contributed by atoms with Gasteiger partial charge in [0.05, 0.1) is 18.4 Å². The number of benzene rings is 1. The number of nitrogens with one attached hydrogen (secondary N) is 1. The largest absolute Gasteiger partial charge is 0.306 e. The van der Waals surface area contributed by atoms with E-state index in [1.807, 2.05) is 0 Å². The Morgan fingerprint density at radius 1 is 1.25 bits per heavy atom. The van der Waals surface area contributed by atoms with Gasteiger partial charge in [-0.05, 0) is 26.8 Å². The monoisotopic (exact) mass is 280 g/mol. The van der Waals surface area contributed by atoms with Gasteiger partial charge in [-0.15, -0.1) is 5.10 Å². The van der Waals surface area contributed by atoms with E-state index in [1.165, 1.54) is 16.8 Å². The highest BCUT2D eigenvalue weighted by Gasteiger charge is 2.11. The zero-order valence-corrected chi connectivity index (χ0v) is 11.8. The number of rotatable bonds is 4. The summed E-state index contributed by atoms with van der Waals surface area (Å²) < 4.78 is 27.9. The van der Waals surface area contributed by atoms with Crippen LogP contribution in [0.25, 0.3) is 0 Å². The van der Waals surface area contributed by atoms with Crippen LogP contribution in [0, 0.1) is 11.6 Å². The van der Waals surface area contributed by atoms with Gasteiger partial charge in [-0.1, -0.05) is 11.3 Å². The summed E-state index contributed by atoms with van der Waals surface area (Å²) in [5.41, 5.74) is 1.15. The van der Waals surface area contributed by atoms with Gasteiger partial charge in [0.1, 0.15) is 11.6 Å². The van der Waals surface area contributed by atoms with Crippen molar-refractivity contribution in [1.29, 1.82) is 0 Å². The van der Waals surface area contributed by atoms with Gasteiger partial charge in [-0.3, -0.25) is 0 Å². The smallest absolute Gasteiger partial charge is 0.131 e. The summed E-state index contributed by atoms with van der Waals surface area (Å²) >= 11 is 0. The molecule has 2 aromatic rings. The Bertz CT molecular complexity index is 587. The molecule has 1 N–H and O–H groups in total. The number of hydrogen-bond donors (Lipinski definition) is 1. The summed E-state index contributed by atoms with van der Waals surface area (Å²) in [6, 6.07) is 3.52. The fourth-order valence-electron chi connectivity index (χ4n) is 1.68. The lowest BCUT2D eigenvalue weighted by atomic mass is 10.1. The molecule has 1 heterocycles. The lowest BCUT2D eigenvalue weighted by Crippen LogP contribution is -2.35. The highest BCUT2D eigenvalue weighted by molar-refractivity contribution is 5.18. The predicted octanol–water partition coefficient (Wildman–Crippen LogP) is 2.49. The quantitative estimate of drug-likeness (QED) is 0.935. The van der Waals surface area contributed by atoms with Crippen LogP contribution in [0.15, 0.2) is 24.4 Å². The second kappa shape index (κ2) is 5.66. The minimum atomic E-state index is -0.583. The van der Waals surface area contributed by atoms with Crippen LogP contribution in [0.1, 0.15) is 32.0 Å². The first kappa shape index (κ1) is 14.6. The van der Waals surface area contributed by atoms with Crippen molar-refractivity contribution in [3.63, 3.8) is 0 Å². The van der Waals surface area contributed by atoms with Crippen molar-refractivity contribution in [2.45, 2.75) is 39.4 Å². The highest BCUT2D eigenvalue weighted by Crippen LogP contribution is 2.11. The predicted molar refractivity (Wildman–Crippen MR) is 72.1 cm³/mol. The first-order valence-corrected chi connectivity index (χ1v) is 6.41. The first-order valence-electron chi connectivity index (χ1n) is 6.41. The van der Waals surface area contributed by atoms with E-state index in [0.29, 0.717) is 12.1 Å². The average molecular weight is 280 g/mol. The van der Waals surface area contributed by atoms with Gasteiger partial charge >= 0.3 is 0 Å². The molecule has 0 unspecified atom stereocenters. The summed E-state index contributed by atoms with van der Waals surface area (Å²) in [6.45, 7) is 7.01. The fourth-order valence-corrected chi connectivity index (χ4v) is 1.68. The number of halogens is 2. The van der Waals surface area contributed by atoms with Crippen LogP contribution < -0.4 is 5.32 Å². The van der Waals surface area contributed by atoms with Crippen LogP contribution >= 0.6 is 0 Å². The molecule has 0 saturated heterocycles. The molecule has 0 spiro atoms. The summed E-state index contributed by atoms with van der Waals surface area (Å²) in [4.78, 5) is 0. The second-order valence-corrected chi connectivity index (χ2v) is 5.75. The number of aromatic nitrogens is 3. The summed E-state index contributed by atoms with van der Waals surface area (Å²) in [6.07, 6.45) is 1.75.